The van der Waals surface area contributed by atoms with Crippen LogP contribution in [0.4, 0.5) is 10.5 Å². The average Bonchev–Trinajstić information content (AvgIpc) is 2.99. The summed E-state index contributed by atoms with van der Waals surface area (Å²) in [6.45, 7) is 1.99. The van der Waals surface area contributed by atoms with Crippen LogP contribution >= 0.6 is 11.6 Å². The molecule has 136 valence electrons. The number of cyclic esters (lactones) is 1. The summed E-state index contributed by atoms with van der Waals surface area (Å²) in [7, 11) is 0. The van der Waals surface area contributed by atoms with Crippen molar-refractivity contribution in [1.29, 1.82) is 0 Å². The van der Waals surface area contributed by atoms with Gasteiger partial charge in [-0.05, 0) is 61.0 Å². The molecule has 4 rings (SSSR count). The third-order valence-electron chi connectivity index (χ3n) is 4.56. The van der Waals surface area contributed by atoms with Gasteiger partial charge in [-0.25, -0.2) is 4.79 Å². The van der Waals surface area contributed by atoms with Gasteiger partial charge in [-0.3, -0.25) is 4.90 Å². The molecule has 0 spiro atoms. The first kappa shape index (κ1) is 17.4. The smallest absolute Gasteiger partial charge is 0.415 e. The minimum absolute atomic E-state index is 0.108. The Morgan fingerprint density at radius 3 is 2.11 bits per heavy atom. The van der Waals surface area contributed by atoms with Gasteiger partial charge in [0, 0.05) is 10.7 Å². The van der Waals surface area contributed by atoms with E-state index in [2.05, 4.69) is 0 Å². The Morgan fingerprint density at radius 1 is 0.889 bits per heavy atom. The lowest BCUT2D eigenvalue weighted by Gasteiger charge is -2.21. The number of benzene rings is 3. The molecular weight excluding hydrogens is 362 g/mol. The molecule has 0 bridgehead atoms. The highest BCUT2D eigenvalue weighted by Gasteiger charge is 2.40. The molecule has 27 heavy (non-hydrogen) atoms. The number of hydrogen-bond donors (Lipinski definition) is 0. The number of amides is 1. The SMILES string of the molecule is C[C@H]1[C@H](c2ccccc2)OC(=O)N1c1ccc(Oc2ccc(Cl)cc2)cc1. The van der Waals surface area contributed by atoms with E-state index in [0.29, 0.717) is 16.5 Å². The Kier molecular flexibility index (Phi) is 4.73. The minimum Gasteiger partial charge on any atom is -0.457 e. The van der Waals surface area contributed by atoms with Gasteiger partial charge in [0.25, 0.3) is 0 Å². The van der Waals surface area contributed by atoms with E-state index in [-0.39, 0.29) is 18.2 Å². The first-order chi connectivity index (χ1) is 13.1. The second kappa shape index (κ2) is 7.33. The predicted molar refractivity (Wildman–Crippen MR) is 106 cm³/mol. The lowest BCUT2D eigenvalue weighted by Crippen LogP contribution is -2.31. The van der Waals surface area contributed by atoms with E-state index < -0.39 is 0 Å². The number of ether oxygens (including phenoxy) is 2. The normalized spacial score (nSPS) is 19.0. The molecule has 1 saturated heterocycles. The molecule has 3 aromatic carbocycles. The Morgan fingerprint density at radius 2 is 1.48 bits per heavy atom. The molecule has 0 radical (unpaired) electrons. The Bertz CT molecular complexity index is 926. The van der Waals surface area contributed by atoms with Gasteiger partial charge in [0.15, 0.2) is 0 Å². The number of carbonyl (C=O) groups is 1. The van der Waals surface area contributed by atoms with Gasteiger partial charge in [-0.1, -0.05) is 41.9 Å². The fourth-order valence-corrected chi connectivity index (χ4v) is 3.33. The second-order valence-electron chi connectivity index (χ2n) is 6.38. The van der Waals surface area contributed by atoms with Crippen molar-refractivity contribution in [2.24, 2.45) is 0 Å². The number of nitrogens with zero attached hydrogens (tertiary/aromatic N) is 1. The zero-order valence-electron chi connectivity index (χ0n) is 14.7. The lowest BCUT2D eigenvalue weighted by atomic mass is 10.0. The van der Waals surface area contributed by atoms with Crippen LogP contribution in [0.2, 0.25) is 5.02 Å². The van der Waals surface area contributed by atoms with Crippen molar-refractivity contribution in [3.05, 3.63) is 89.4 Å². The van der Waals surface area contributed by atoms with Crippen molar-refractivity contribution < 1.29 is 14.3 Å². The molecule has 1 aliphatic heterocycles. The van der Waals surface area contributed by atoms with Crippen LogP contribution in [0.25, 0.3) is 0 Å². The van der Waals surface area contributed by atoms with E-state index in [4.69, 9.17) is 21.1 Å². The fraction of sp³-hybridized carbons (Fsp3) is 0.136. The first-order valence-electron chi connectivity index (χ1n) is 8.70. The summed E-state index contributed by atoms with van der Waals surface area (Å²) in [6, 6.07) is 24.2. The number of carbonyl (C=O) groups excluding carboxylic acids is 1. The molecule has 0 aliphatic carbocycles. The highest BCUT2D eigenvalue weighted by molar-refractivity contribution is 6.30. The van der Waals surface area contributed by atoms with Gasteiger partial charge >= 0.3 is 6.09 Å². The maximum Gasteiger partial charge on any atom is 0.415 e. The van der Waals surface area contributed by atoms with E-state index in [1.807, 2.05) is 61.5 Å². The zero-order valence-corrected chi connectivity index (χ0v) is 15.5. The largest absolute Gasteiger partial charge is 0.457 e. The molecule has 0 aromatic heterocycles. The van der Waals surface area contributed by atoms with Crippen LogP contribution in [-0.2, 0) is 4.74 Å². The van der Waals surface area contributed by atoms with Crippen LogP contribution < -0.4 is 9.64 Å². The fourth-order valence-electron chi connectivity index (χ4n) is 3.21. The third kappa shape index (κ3) is 3.62. The molecule has 0 unspecified atom stereocenters. The number of anilines is 1. The van der Waals surface area contributed by atoms with E-state index in [1.165, 1.54) is 0 Å². The maximum atomic E-state index is 12.4. The summed E-state index contributed by atoms with van der Waals surface area (Å²) in [5, 5.41) is 0.659. The van der Waals surface area contributed by atoms with Crippen molar-refractivity contribution in [1.82, 2.24) is 0 Å². The molecule has 0 N–H and O–H groups in total. The van der Waals surface area contributed by atoms with Gasteiger partial charge in [-0.15, -0.1) is 0 Å². The Balaban J connectivity index is 1.51. The second-order valence-corrected chi connectivity index (χ2v) is 6.81. The minimum atomic E-state index is -0.345. The first-order valence-corrected chi connectivity index (χ1v) is 9.08. The van der Waals surface area contributed by atoms with Crippen LogP contribution in [-0.4, -0.2) is 12.1 Å². The van der Waals surface area contributed by atoms with Crippen molar-refractivity contribution >= 4 is 23.4 Å². The average molecular weight is 380 g/mol. The molecule has 5 heteroatoms. The van der Waals surface area contributed by atoms with E-state index >= 15 is 0 Å². The van der Waals surface area contributed by atoms with Crippen LogP contribution in [0.15, 0.2) is 78.9 Å². The van der Waals surface area contributed by atoms with Crippen LogP contribution in [0.5, 0.6) is 11.5 Å². The summed E-state index contributed by atoms with van der Waals surface area (Å²) in [5.74, 6) is 1.38. The number of halogens is 1. The monoisotopic (exact) mass is 379 g/mol. The van der Waals surface area contributed by atoms with Crippen molar-refractivity contribution in [3.63, 3.8) is 0 Å². The molecule has 1 amide bonds. The molecule has 1 fully saturated rings. The summed E-state index contributed by atoms with van der Waals surface area (Å²) in [5.41, 5.74) is 1.76. The Labute approximate surface area is 162 Å². The van der Waals surface area contributed by atoms with E-state index in [1.54, 1.807) is 29.2 Å². The molecule has 4 nitrogen and oxygen atoms in total. The Hall–Kier alpha value is -2.98. The lowest BCUT2D eigenvalue weighted by molar-refractivity contribution is 0.134. The van der Waals surface area contributed by atoms with E-state index in [9.17, 15) is 4.79 Å². The number of hydrogen-bond acceptors (Lipinski definition) is 3. The summed E-state index contributed by atoms with van der Waals surface area (Å²) < 4.78 is 11.4. The summed E-state index contributed by atoms with van der Waals surface area (Å²) in [4.78, 5) is 14.1. The zero-order chi connectivity index (χ0) is 18.8. The van der Waals surface area contributed by atoms with Crippen molar-refractivity contribution in [2.75, 3.05) is 4.90 Å². The standard InChI is InChI=1S/C22H18ClNO3/c1-15-21(16-5-3-2-4-6-16)27-22(25)24(15)18-9-13-20(14-10-18)26-19-11-7-17(23)8-12-19/h2-15,21H,1H3/t15-,21+/m0/s1. The van der Waals surface area contributed by atoms with Gasteiger partial charge in [0.05, 0.1) is 6.04 Å². The molecule has 2 atom stereocenters. The van der Waals surface area contributed by atoms with Gasteiger partial charge in [-0.2, -0.15) is 0 Å². The quantitative estimate of drug-likeness (QED) is 0.540. The number of rotatable bonds is 4. The van der Waals surface area contributed by atoms with Crippen molar-refractivity contribution in [3.8, 4) is 11.5 Å². The molecular formula is C22H18ClNO3. The molecule has 0 saturated carbocycles. The predicted octanol–water partition coefficient (Wildman–Crippen LogP) is 6.22. The maximum absolute atomic E-state index is 12.4. The highest BCUT2D eigenvalue weighted by Crippen LogP contribution is 2.36. The summed E-state index contributed by atoms with van der Waals surface area (Å²) >= 11 is 5.89. The van der Waals surface area contributed by atoms with Gasteiger partial charge < -0.3 is 9.47 Å². The van der Waals surface area contributed by atoms with Crippen LogP contribution in [0.1, 0.15) is 18.6 Å². The molecule has 1 aliphatic rings. The van der Waals surface area contributed by atoms with E-state index in [0.717, 1.165) is 11.3 Å². The van der Waals surface area contributed by atoms with Crippen LogP contribution in [0.3, 0.4) is 0 Å². The van der Waals surface area contributed by atoms with Crippen LogP contribution in [0, 0.1) is 0 Å². The van der Waals surface area contributed by atoms with Gasteiger partial charge in [0.1, 0.15) is 17.6 Å². The highest BCUT2D eigenvalue weighted by atomic mass is 35.5. The van der Waals surface area contributed by atoms with Crippen molar-refractivity contribution in [2.45, 2.75) is 19.1 Å². The topological polar surface area (TPSA) is 38.8 Å². The molecule has 3 aromatic rings. The summed E-state index contributed by atoms with van der Waals surface area (Å²) in [6.07, 6.45) is -0.633. The third-order valence-corrected chi connectivity index (χ3v) is 4.81. The van der Waals surface area contributed by atoms with Gasteiger partial charge in [0.2, 0.25) is 0 Å². The molecule has 1 heterocycles.